The topological polar surface area (TPSA) is 74.3 Å². The Hall–Kier alpha value is -1.28. The van der Waals surface area contributed by atoms with E-state index in [9.17, 15) is 5.11 Å². The molecule has 2 N–H and O–H groups in total. The normalized spacial score (nSPS) is 18.3. The first-order valence-corrected chi connectivity index (χ1v) is 8.98. The molecule has 0 bridgehead atoms. The Bertz CT molecular complexity index is 579. The van der Waals surface area contributed by atoms with E-state index in [1.54, 1.807) is 11.3 Å². The summed E-state index contributed by atoms with van der Waals surface area (Å²) in [6, 6.07) is 4.06. The van der Waals surface area contributed by atoms with E-state index < -0.39 is 6.10 Å². The van der Waals surface area contributed by atoms with Crippen LogP contribution in [-0.4, -0.2) is 57.5 Å². The second kappa shape index (κ2) is 8.01. The Kier molecular flexibility index (Phi) is 5.77. The molecular weight excluding hydrogens is 312 g/mol. The van der Waals surface area contributed by atoms with E-state index in [4.69, 9.17) is 4.74 Å². The van der Waals surface area contributed by atoms with Gasteiger partial charge < -0.3 is 14.7 Å². The fraction of sp³-hybridized carbons (Fsp3) is 0.625. The first kappa shape index (κ1) is 16.6. The highest BCUT2D eigenvalue weighted by Crippen LogP contribution is 2.25. The maximum absolute atomic E-state index is 10.1. The highest BCUT2D eigenvalue weighted by atomic mass is 32.1. The zero-order valence-corrected chi connectivity index (χ0v) is 14.3. The molecule has 0 saturated carbocycles. The Morgan fingerprint density at radius 3 is 2.96 bits per heavy atom. The lowest BCUT2D eigenvalue weighted by Crippen LogP contribution is -2.40. The van der Waals surface area contributed by atoms with E-state index >= 15 is 0 Å². The van der Waals surface area contributed by atoms with Crippen LogP contribution in [0.2, 0.25) is 0 Å². The molecule has 1 aliphatic rings. The number of aromatic amines is 1. The second-order valence-electron chi connectivity index (χ2n) is 6.10. The Morgan fingerprint density at radius 2 is 2.30 bits per heavy atom. The van der Waals surface area contributed by atoms with Gasteiger partial charge in [0, 0.05) is 17.3 Å². The summed E-state index contributed by atoms with van der Waals surface area (Å²) in [5.74, 6) is 2.24. The first-order chi connectivity index (χ1) is 11.2. The van der Waals surface area contributed by atoms with E-state index in [-0.39, 0.29) is 0 Å². The van der Waals surface area contributed by atoms with Gasteiger partial charge in [-0.25, -0.2) is 4.98 Å². The minimum absolute atomic E-state index is 0.387. The van der Waals surface area contributed by atoms with Crippen molar-refractivity contribution in [2.75, 3.05) is 26.2 Å². The third-order valence-corrected chi connectivity index (χ3v) is 5.02. The SMILES string of the molecule is Cc1nc(C2CCN(CC(O)COCc3cccs3)CC2)n[nH]1. The van der Waals surface area contributed by atoms with Crippen LogP contribution in [0.1, 0.15) is 35.3 Å². The van der Waals surface area contributed by atoms with Crippen LogP contribution in [0.3, 0.4) is 0 Å². The van der Waals surface area contributed by atoms with Crippen LogP contribution in [-0.2, 0) is 11.3 Å². The number of thiophene rings is 1. The van der Waals surface area contributed by atoms with Crippen LogP contribution in [0.4, 0.5) is 0 Å². The highest BCUT2D eigenvalue weighted by Gasteiger charge is 2.24. The largest absolute Gasteiger partial charge is 0.389 e. The number of aromatic nitrogens is 3. The van der Waals surface area contributed by atoms with E-state index in [2.05, 4.69) is 20.1 Å². The predicted octanol–water partition coefficient (Wildman–Crippen LogP) is 1.93. The Labute approximate surface area is 140 Å². The van der Waals surface area contributed by atoms with E-state index in [0.29, 0.717) is 25.7 Å². The number of aliphatic hydroxyl groups is 1. The van der Waals surface area contributed by atoms with E-state index in [1.807, 2.05) is 24.4 Å². The van der Waals surface area contributed by atoms with Crippen molar-refractivity contribution >= 4 is 11.3 Å². The fourth-order valence-electron chi connectivity index (χ4n) is 2.96. The summed E-state index contributed by atoms with van der Waals surface area (Å²) in [5.41, 5.74) is 0. The van der Waals surface area contributed by atoms with Gasteiger partial charge in [-0.2, -0.15) is 5.10 Å². The lowest BCUT2D eigenvalue weighted by atomic mass is 9.96. The third kappa shape index (κ3) is 4.84. The number of rotatable bonds is 7. The van der Waals surface area contributed by atoms with Crippen molar-refractivity contribution in [3.8, 4) is 0 Å². The maximum atomic E-state index is 10.1. The zero-order chi connectivity index (χ0) is 16.1. The smallest absolute Gasteiger partial charge is 0.153 e. The summed E-state index contributed by atoms with van der Waals surface area (Å²) >= 11 is 1.68. The molecule has 23 heavy (non-hydrogen) atoms. The van der Waals surface area contributed by atoms with Gasteiger partial charge in [0.1, 0.15) is 5.82 Å². The standard InChI is InChI=1S/C16H24N4O2S/c1-12-17-16(19-18-12)13-4-6-20(7-5-13)9-14(21)10-22-11-15-3-2-8-23-15/h2-3,8,13-14,21H,4-7,9-11H2,1H3,(H,17,18,19). The number of β-amino-alcohol motifs (C(OH)–C–C–N with tert-alkyl or cyclic N) is 1. The van der Waals surface area contributed by atoms with Gasteiger partial charge in [-0.05, 0) is 44.3 Å². The molecule has 1 unspecified atom stereocenters. The van der Waals surface area contributed by atoms with Crippen LogP contribution in [0.5, 0.6) is 0 Å². The number of likely N-dealkylation sites (tertiary alicyclic amines) is 1. The number of ether oxygens (including phenoxy) is 1. The number of H-pyrrole nitrogens is 1. The number of nitrogens with zero attached hydrogens (tertiary/aromatic N) is 3. The molecular formula is C16H24N4O2S. The van der Waals surface area contributed by atoms with Gasteiger partial charge in [0.15, 0.2) is 5.82 Å². The molecule has 7 heteroatoms. The lowest BCUT2D eigenvalue weighted by Gasteiger charge is -2.32. The molecule has 2 aromatic rings. The van der Waals surface area contributed by atoms with Crippen molar-refractivity contribution in [1.82, 2.24) is 20.1 Å². The van der Waals surface area contributed by atoms with Gasteiger partial charge in [-0.3, -0.25) is 5.10 Å². The molecule has 0 amide bonds. The van der Waals surface area contributed by atoms with Crippen molar-refractivity contribution < 1.29 is 9.84 Å². The summed E-state index contributed by atoms with van der Waals surface area (Å²) in [7, 11) is 0. The van der Waals surface area contributed by atoms with Gasteiger partial charge in [-0.1, -0.05) is 6.07 Å². The van der Waals surface area contributed by atoms with Crippen molar-refractivity contribution in [3.63, 3.8) is 0 Å². The lowest BCUT2D eigenvalue weighted by molar-refractivity contribution is 0.00682. The predicted molar refractivity (Wildman–Crippen MR) is 89.5 cm³/mol. The molecule has 0 aromatic carbocycles. The van der Waals surface area contributed by atoms with Crippen LogP contribution in [0, 0.1) is 6.92 Å². The molecule has 0 spiro atoms. The molecule has 1 saturated heterocycles. The molecule has 6 nitrogen and oxygen atoms in total. The van der Waals surface area contributed by atoms with Crippen molar-refractivity contribution in [3.05, 3.63) is 34.0 Å². The Balaban J connectivity index is 1.35. The first-order valence-electron chi connectivity index (χ1n) is 8.10. The molecule has 3 heterocycles. The molecule has 2 aromatic heterocycles. The maximum Gasteiger partial charge on any atom is 0.153 e. The minimum Gasteiger partial charge on any atom is -0.389 e. The van der Waals surface area contributed by atoms with Crippen molar-refractivity contribution in [2.45, 2.75) is 38.4 Å². The summed E-state index contributed by atoms with van der Waals surface area (Å²) in [5, 5.41) is 19.3. The summed E-state index contributed by atoms with van der Waals surface area (Å²) in [6.07, 6.45) is 1.65. The van der Waals surface area contributed by atoms with E-state index in [1.165, 1.54) is 4.88 Å². The molecule has 0 radical (unpaired) electrons. The monoisotopic (exact) mass is 336 g/mol. The average Bonchev–Trinajstić information content (AvgIpc) is 3.20. The van der Waals surface area contributed by atoms with Crippen molar-refractivity contribution in [2.24, 2.45) is 0 Å². The molecule has 126 valence electrons. The van der Waals surface area contributed by atoms with Crippen LogP contribution in [0.25, 0.3) is 0 Å². The second-order valence-corrected chi connectivity index (χ2v) is 7.13. The van der Waals surface area contributed by atoms with Crippen molar-refractivity contribution in [1.29, 1.82) is 0 Å². The minimum atomic E-state index is -0.433. The zero-order valence-electron chi connectivity index (χ0n) is 13.4. The molecule has 0 aliphatic carbocycles. The average molecular weight is 336 g/mol. The summed E-state index contributed by atoms with van der Waals surface area (Å²) < 4.78 is 5.58. The van der Waals surface area contributed by atoms with Crippen LogP contribution >= 0.6 is 11.3 Å². The fourth-order valence-corrected chi connectivity index (χ4v) is 3.60. The van der Waals surface area contributed by atoms with Gasteiger partial charge >= 0.3 is 0 Å². The number of hydrogen-bond donors (Lipinski definition) is 2. The molecule has 1 aliphatic heterocycles. The van der Waals surface area contributed by atoms with Gasteiger partial charge in [0.05, 0.1) is 19.3 Å². The van der Waals surface area contributed by atoms with Gasteiger partial charge in [0.25, 0.3) is 0 Å². The summed E-state index contributed by atoms with van der Waals surface area (Å²) in [6.45, 7) is 5.52. The van der Waals surface area contributed by atoms with Crippen LogP contribution in [0.15, 0.2) is 17.5 Å². The molecule has 1 atom stereocenters. The molecule has 1 fully saturated rings. The van der Waals surface area contributed by atoms with Gasteiger partial charge in [0.2, 0.25) is 0 Å². The number of aliphatic hydroxyl groups excluding tert-OH is 1. The summed E-state index contributed by atoms with van der Waals surface area (Å²) in [4.78, 5) is 7.93. The number of aryl methyl sites for hydroxylation is 1. The quantitative estimate of drug-likeness (QED) is 0.808. The molecule has 3 rings (SSSR count). The van der Waals surface area contributed by atoms with Crippen LogP contribution < -0.4 is 0 Å². The number of piperidine rings is 1. The third-order valence-electron chi connectivity index (χ3n) is 4.17. The van der Waals surface area contributed by atoms with Gasteiger partial charge in [-0.15, -0.1) is 11.3 Å². The highest BCUT2D eigenvalue weighted by molar-refractivity contribution is 7.09. The Morgan fingerprint density at radius 1 is 1.48 bits per heavy atom. The van der Waals surface area contributed by atoms with E-state index in [0.717, 1.165) is 37.6 Å². The number of nitrogens with one attached hydrogen (secondary N) is 1. The number of hydrogen-bond acceptors (Lipinski definition) is 6.